The molecule has 0 unspecified atom stereocenters. The lowest BCUT2D eigenvalue weighted by molar-refractivity contribution is 0.390. The van der Waals surface area contributed by atoms with Gasteiger partial charge in [-0.2, -0.15) is 4.98 Å². The summed E-state index contributed by atoms with van der Waals surface area (Å²) in [6.07, 6.45) is 1.35. The maximum Gasteiger partial charge on any atom is 0.255 e. The van der Waals surface area contributed by atoms with Crippen molar-refractivity contribution in [3.05, 3.63) is 11.3 Å². The molecule has 0 N–H and O–H groups in total. The van der Waals surface area contributed by atoms with Crippen LogP contribution in [0.3, 0.4) is 0 Å². The quantitative estimate of drug-likeness (QED) is 0.568. The molecular weight excluding hydrogens is 188 g/mol. The third kappa shape index (κ3) is 1.87. The third-order valence-corrected chi connectivity index (χ3v) is 1.41. The summed E-state index contributed by atoms with van der Waals surface area (Å²) in [5.41, 5.74) is 0. The Bertz CT molecular complexity index is 258. The van der Waals surface area contributed by atoms with Crippen molar-refractivity contribution < 1.29 is 8.92 Å². The van der Waals surface area contributed by atoms with Gasteiger partial charge >= 0.3 is 0 Å². The van der Waals surface area contributed by atoms with Gasteiger partial charge in [-0.15, -0.1) is 0 Å². The predicted octanol–water partition coefficient (Wildman–Crippen LogP) is 1.36. The molecule has 0 saturated carbocycles. The molecule has 0 fully saturated rings. The Morgan fingerprint density at radius 1 is 1.64 bits per heavy atom. The van der Waals surface area contributed by atoms with Gasteiger partial charge in [0.15, 0.2) is 5.15 Å². The molecule has 0 spiro atoms. The van der Waals surface area contributed by atoms with E-state index in [1.54, 1.807) is 0 Å². The molecule has 11 heavy (non-hydrogen) atoms. The summed E-state index contributed by atoms with van der Waals surface area (Å²) in [4.78, 5) is 7.52. The summed E-state index contributed by atoms with van der Waals surface area (Å²) >= 11 is 9.10. The van der Waals surface area contributed by atoms with E-state index in [9.17, 15) is 0 Å². The molecule has 0 atom stereocenters. The molecular formula is C5H5ClN2O2S. The fourth-order valence-corrected chi connectivity index (χ4v) is 0.772. The van der Waals surface area contributed by atoms with Gasteiger partial charge in [0.05, 0.1) is 13.3 Å². The van der Waals surface area contributed by atoms with Gasteiger partial charge in [0.25, 0.3) is 5.88 Å². The molecule has 1 aromatic heterocycles. The zero-order valence-electron chi connectivity index (χ0n) is 5.61. The van der Waals surface area contributed by atoms with Gasteiger partial charge in [0.1, 0.15) is 0 Å². The molecule has 4 nitrogen and oxygen atoms in total. The van der Waals surface area contributed by atoms with Crippen molar-refractivity contribution in [3.63, 3.8) is 0 Å². The minimum absolute atomic E-state index is 0.196. The average Bonchev–Trinajstić information content (AvgIpc) is 2.05. The van der Waals surface area contributed by atoms with E-state index in [1.807, 2.05) is 0 Å². The molecule has 60 valence electrons. The summed E-state index contributed by atoms with van der Waals surface area (Å²) in [5.74, 6) is 0.466. The minimum atomic E-state index is 0.196. The van der Waals surface area contributed by atoms with E-state index in [-0.39, 0.29) is 16.9 Å². The maximum absolute atomic E-state index is 5.57. The van der Waals surface area contributed by atoms with E-state index in [1.165, 1.54) is 13.3 Å². The van der Waals surface area contributed by atoms with Crippen LogP contribution in [0.25, 0.3) is 0 Å². The van der Waals surface area contributed by atoms with E-state index in [2.05, 4.69) is 27.1 Å². The molecule has 0 saturated heterocycles. The van der Waals surface area contributed by atoms with Crippen LogP contribution in [-0.4, -0.2) is 17.1 Å². The fourth-order valence-electron chi connectivity index (χ4n) is 0.516. The van der Waals surface area contributed by atoms with Crippen molar-refractivity contribution in [2.45, 2.75) is 0 Å². The highest BCUT2D eigenvalue weighted by molar-refractivity contribution is 7.75. The second-order valence-corrected chi connectivity index (χ2v) is 2.14. The Morgan fingerprint density at radius 2 is 2.36 bits per heavy atom. The van der Waals surface area contributed by atoms with Crippen molar-refractivity contribution in [1.82, 2.24) is 9.97 Å². The summed E-state index contributed by atoms with van der Waals surface area (Å²) in [5, 5.41) is 0.196. The highest BCUT2D eigenvalue weighted by atomic mass is 35.5. The molecule has 1 aromatic rings. The first-order valence-corrected chi connectivity index (χ1v) is 3.40. The van der Waals surface area contributed by atoms with Crippen LogP contribution in [0.5, 0.6) is 11.8 Å². The molecule has 0 aromatic carbocycles. The first-order valence-electron chi connectivity index (χ1n) is 2.66. The third-order valence-electron chi connectivity index (χ3n) is 0.963. The Morgan fingerprint density at radius 3 is 2.91 bits per heavy atom. The number of nitrogens with zero attached hydrogens (tertiary/aromatic N) is 2. The van der Waals surface area contributed by atoms with Crippen LogP contribution < -0.4 is 8.92 Å². The molecule has 6 heteroatoms. The van der Waals surface area contributed by atoms with Crippen LogP contribution in [0.2, 0.25) is 5.15 Å². The Hall–Kier alpha value is -0.680. The number of rotatable bonds is 2. The fraction of sp³-hybridized carbons (Fsp3) is 0.200. The van der Waals surface area contributed by atoms with Crippen molar-refractivity contribution in [1.29, 1.82) is 0 Å². The van der Waals surface area contributed by atoms with E-state index in [0.29, 0.717) is 0 Å². The standard InChI is InChI=1S/C5H5ClN2O2S/c1-9-5-4(6)7-2-3(8-5)10-11/h2,11H,1H3. The van der Waals surface area contributed by atoms with Crippen molar-refractivity contribution >= 4 is 24.5 Å². The lowest BCUT2D eigenvalue weighted by Crippen LogP contribution is -1.92. The van der Waals surface area contributed by atoms with E-state index in [4.69, 9.17) is 16.3 Å². The highest BCUT2D eigenvalue weighted by Gasteiger charge is 2.04. The largest absolute Gasteiger partial charge is 0.479 e. The van der Waals surface area contributed by atoms with Gasteiger partial charge in [0, 0.05) is 12.9 Å². The highest BCUT2D eigenvalue weighted by Crippen LogP contribution is 2.21. The van der Waals surface area contributed by atoms with E-state index in [0.717, 1.165) is 0 Å². The second-order valence-electron chi connectivity index (χ2n) is 1.60. The SMILES string of the molecule is COc1nc(OS)cnc1Cl. The first-order chi connectivity index (χ1) is 5.27. The molecule has 1 rings (SSSR count). The molecule has 0 aliphatic rings. The molecule has 0 radical (unpaired) electrons. The van der Waals surface area contributed by atoms with Crippen molar-refractivity contribution in [2.24, 2.45) is 0 Å². The normalized spacial score (nSPS) is 9.36. The number of thiol groups is 1. The molecule has 0 aliphatic carbocycles. The molecule has 0 bridgehead atoms. The lowest BCUT2D eigenvalue weighted by atomic mass is 10.7. The average molecular weight is 193 g/mol. The second kappa shape index (κ2) is 3.64. The van der Waals surface area contributed by atoms with Gasteiger partial charge in [-0.3, -0.25) is 0 Å². The van der Waals surface area contributed by atoms with Gasteiger partial charge in [-0.1, -0.05) is 11.6 Å². The van der Waals surface area contributed by atoms with Crippen LogP contribution in [0, 0.1) is 0 Å². The predicted molar refractivity (Wildman–Crippen MR) is 43.2 cm³/mol. The van der Waals surface area contributed by atoms with Crippen LogP contribution in [0.15, 0.2) is 6.20 Å². The zero-order chi connectivity index (χ0) is 8.27. The van der Waals surface area contributed by atoms with Crippen molar-refractivity contribution in [2.75, 3.05) is 7.11 Å². The van der Waals surface area contributed by atoms with E-state index >= 15 is 0 Å². The van der Waals surface area contributed by atoms with Crippen LogP contribution in [-0.2, 0) is 0 Å². The van der Waals surface area contributed by atoms with Gasteiger partial charge in [0.2, 0.25) is 5.88 Å². The van der Waals surface area contributed by atoms with Gasteiger partial charge in [-0.25, -0.2) is 4.98 Å². The van der Waals surface area contributed by atoms with Crippen molar-refractivity contribution in [3.8, 4) is 11.8 Å². The number of methoxy groups -OCH3 is 1. The number of ether oxygens (including phenoxy) is 1. The maximum atomic E-state index is 5.57. The monoisotopic (exact) mass is 192 g/mol. The smallest absolute Gasteiger partial charge is 0.255 e. The molecule has 1 heterocycles. The number of hydrogen-bond acceptors (Lipinski definition) is 5. The van der Waals surface area contributed by atoms with Crippen LogP contribution in [0.4, 0.5) is 0 Å². The summed E-state index contributed by atoms with van der Waals surface area (Å²) in [6.45, 7) is 0. The van der Waals surface area contributed by atoms with Crippen LogP contribution in [0.1, 0.15) is 0 Å². The molecule has 0 aliphatic heterocycles. The number of halogens is 1. The van der Waals surface area contributed by atoms with Crippen LogP contribution >= 0.6 is 24.5 Å². The van der Waals surface area contributed by atoms with E-state index < -0.39 is 0 Å². The van der Waals surface area contributed by atoms with Gasteiger partial charge in [-0.05, 0) is 0 Å². The zero-order valence-corrected chi connectivity index (χ0v) is 7.26. The first kappa shape index (κ1) is 8.42. The molecule has 0 amide bonds. The topological polar surface area (TPSA) is 44.2 Å². The van der Waals surface area contributed by atoms with Gasteiger partial charge < -0.3 is 8.92 Å². The lowest BCUT2D eigenvalue weighted by Gasteiger charge is -2.01. The number of hydrogen-bond donors (Lipinski definition) is 1. The summed E-state index contributed by atoms with van der Waals surface area (Å²) in [7, 11) is 1.44. The number of aromatic nitrogens is 2. The Labute approximate surface area is 74.1 Å². The summed E-state index contributed by atoms with van der Waals surface area (Å²) in [6, 6.07) is 0. The Balaban J connectivity index is 3.02. The minimum Gasteiger partial charge on any atom is -0.479 e. The Kier molecular flexibility index (Phi) is 2.78. The summed E-state index contributed by atoms with van der Waals surface area (Å²) < 4.78 is 9.26.